The molecule has 5 aromatic carbocycles. The van der Waals surface area contributed by atoms with Crippen molar-refractivity contribution in [3.63, 3.8) is 0 Å². The maximum atomic E-state index is 16.0. The van der Waals surface area contributed by atoms with Gasteiger partial charge in [0.25, 0.3) is 0 Å². The number of hydrogen-bond acceptors (Lipinski definition) is 25. The number of likely N-dealkylation sites (N-methyl/N-ethyl adjacent to an activating group) is 1. The molecule has 11 bridgehead atoms. The van der Waals surface area contributed by atoms with Crippen molar-refractivity contribution >= 4 is 47.3 Å². The first-order valence-electron chi connectivity index (χ1n) is 31.4. The van der Waals surface area contributed by atoms with Gasteiger partial charge in [0.2, 0.25) is 53.4 Å². The highest BCUT2D eigenvalue weighted by Crippen LogP contribution is 2.48. The van der Waals surface area contributed by atoms with Crippen LogP contribution in [0, 0.1) is 5.92 Å². The molecule has 33 nitrogen and oxygen atoms in total. The van der Waals surface area contributed by atoms with E-state index in [1.807, 2.05) is 13.8 Å². The molecule has 21 N–H and O–H groups in total. The number of aliphatic hydroxyl groups excluding tert-OH is 6. The Balaban J connectivity index is 1.21. The molecule has 7 aliphatic rings. The molecule has 530 valence electrons. The normalized spacial score (nSPS) is 29.8. The van der Waals surface area contributed by atoms with Crippen LogP contribution < -0.4 is 62.9 Å². The van der Waals surface area contributed by atoms with Crippen LogP contribution >= 0.6 is 0 Å². The molecule has 0 aliphatic carbocycles. The highest BCUT2D eigenvalue weighted by Gasteiger charge is 2.51. The number of rotatable bonds is 13. The lowest BCUT2D eigenvalue weighted by Crippen LogP contribution is -2.64. The number of amides is 7. The SMILES string of the molecule is CN[C@H](CC(C)C)C(=O)NC1C(=O)N[C@@H](CC(N)=O)C(=O)N[C@H]2C(=O)N[C@H]3C(=O)N[C@H](C(=O)N[C@H](C(=O)O)c4cc(O)cc(O)c4-c4cc3ccc4O)[C@H](O)c3ccc(cc3)Oc3cc2cc(c3O[C@@H]2O[C@H](CO)C(O)[C@H](O)[C@H]2O[C@H]2C[C@](C)(N)[C@H](O)[C@H](C)O2)Oc2ccc(cc2)[C@H]1O. The molecule has 7 aliphatic heterocycles. The number of aromatic hydroxyl groups is 3. The predicted octanol–water partition coefficient (Wildman–Crippen LogP) is -1.20. The van der Waals surface area contributed by atoms with E-state index in [1.54, 1.807) is 0 Å². The largest absolute Gasteiger partial charge is 0.508 e. The predicted molar refractivity (Wildman–Crippen MR) is 339 cm³/mol. The average Bonchev–Trinajstić information content (AvgIpc) is 0.772. The quantitative estimate of drug-likeness (QED) is 0.0658. The number of aliphatic carboxylic acids is 1. The highest BCUT2D eigenvalue weighted by molar-refractivity contribution is 6.00. The Morgan fingerprint density at radius 2 is 1.30 bits per heavy atom. The van der Waals surface area contributed by atoms with Gasteiger partial charge >= 0.3 is 5.97 Å². The Bertz CT molecular complexity index is 3920. The van der Waals surface area contributed by atoms with Gasteiger partial charge in [-0.25, -0.2) is 4.79 Å². The molecule has 7 heterocycles. The van der Waals surface area contributed by atoms with Crippen LogP contribution in [0.4, 0.5) is 0 Å². The zero-order valence-corrected chi connectivity index (χ0v) is 53.7. The van der Waals surface area contributed by atoms with Crippen molar-refractivity contribution in [3.8, 4) is 57.1 Å². The van der Waals surface area contributed by atoms with Gasteiger partial charge in [-0.15, -0.1) is 0 Å². The first-order valence-corrected chi connectivity index (χ1v) is 31.4. The van der Waals surface area contributed by atoms with Crippen LogP contribution in [0.1, 0.15) is 105 Å². The van der Waals surface area contributed by atoms with Crippen LogP contribution in [0.3, 0.4) is 0 Å². The number of nitrogens with one attached hydrogen (secondary N) is 7. The van der Waals surface area contributed by atoms with Crippen LogP contribution in [0.15, 0.2) is 91.0 Å². The van der Waals surface area contributed by atoms with Gasteiger partial charge in [0.05, 0.1) is 31.3 Å². The zero-order valence-electron chi connectivity index (χ0n) is 53.7. The van der Waals surface area contributed by atoms with Gasteiger partial charge in [-0.05, 0) is 110 Å². The third-order valence-electron chi connectivity index (χ3n) is 17.6. The minimum atomic E-state index is -2.27. The summed E-state index contributed by atoms with van der Waals surface area (Å²) in [7, 11) is 1.49. The van der Waals surface area contributed by atoms with E-state index in [4.69, 9.17) is 39.9 Å². The minimum Gasteiger partial charge on any atom is -0.508 e. The Hall–Kier alpha value is -9.78. The molecule has 0 spiro atoms. The zero-order chi connectivity index (χ0) is 71.8. The second-order valence-electron chi connectivity index (χ2n) is 25.5. The monoisotopic (exact) mass is 1380 g/mol. The van der Waals surface area contributed by atoms with Gasteiger partial charge in [0.1, 0.15) is 89.5 Å². The first kappa shape index (κ1) is 72.0. The van der Waals surface area contributed by atoms with Gasteiger partial charge in [0, 0.05) is 34.7 Å². The van der Waals surface area contributed by atoms with E-state index >= 15 is 14.4 Å². The topological polar surface area (TPSA) is 530 Å². The highest BCUT2D eigenvalue weighted by atomic mass is 16.8. The van der Waals surface area contributed by atoms with E-state index in [0.717, 1.165) is 42.5 Å². The summed E-state index contributed by atoms with van der Waals surface area (Å²) >= 11 is 0. The summed E-state index contributed by atoms with van der Waals surface area (Å²) in [4.78, 5) is 116. The van der Waals surface area contributed by atoms with E-state index < -0.39 is 226 Å². The number of carboxylic acids is 1. The molecule has 0 aromatic heterocycles. The van der Waals surface area contributed by atoms with E-state index in [0.29, 0.717) is 0 Å². The summed E-state index contributed by atoms with van der Waals surface area (Å²) in [6.07, 6.45) is -17.9. The summed E-state index contributed by atoms with van der Waals surface area (Å²) in [6, 6.07) is 3.21. The molecule has 33 heteroatoms. The van der Waals surface area contributed by atoms with E-state index in [2.05, 4.69) is 37.2 Å². The first-order chi connectivity index (χ1) is 46.8. The van der Waals surface area contributed by atoms with Crippen molar-refractivity contribution in [1.82, 2.24) is 37.2 Å². The minimum absolute atomic E-state index is 0.0323. The lowest BCUT2D eigenvalue weighted by atomic mass is 9.86. The number of carbonyl (C=O) groups is 8. The lowest BCUT2D eigenvalue weighted by Gasteiger charge is -2.47. The average molecular weight is 1380 g/mol. The number of carboxylic acid groups (broad SMARTS) is 1. The molecular weight excluding hydrogens is 1300 g/mol. The number of phenolic OH excluding ortho intramolecular Hbond substituents is 3. The van der Waals surface area contributed by atoms with Crippen molar-refractivity contribution in [2.24, 2.45) is 17.4 Å². The molecule has 0 radical (unpaired) electrons. The number of fused-ring (bicyclic) bond motifs is 15. The Kier molecular flexibility index (Phi) is 21.3. The molecule has 2 saturated heterocycles. The molecule has 0 saturated carbocycles. The molecule has 2 unspecified atom stereocenters. The summed E-state index contributed by atoms with van der Waals surface area (Å²) in [5.41, 5.74) is 8.48. The second-order valence-corrected chi connectivity index (χ2v) is 25.5. The lowest BCUT2D eigenvalue weighted by molar-refractivity contribution is -0.333. The number of primary amides is 1. The molecule has 5 aromatic rings. The van der Waals surface area contributed by atoms with Gasteiger partial charge in [-0.2, -0.15) is 0 Å². The maximum Gasteiger partial charge on any atom is 0.330 e. The van der Waals surface area contributed by atoms with Crippen LogP contribution in [0.2, 0.25) is 0 Å². The van der Waals surface area contributed by atoms with Crippen molar-refractivity contribution in [2.75, 3.05) is 13.7 Å². The number of carbonyl (C=O) groups excluding carboxylic acids is 7. The number of benzene rings is 5. The number of nitrogens with two attached hydrogens (primary N) is 2. The summed E-state index contributed by atoms with van der Waals surface area (Å²) in [5.74, 6) is -14.8. The molecule has 99 heavy (non-hydrogen) atoms. The van der Waals surface area contributed by atoms with Gasteiger partial charge < -0.3 is 128 Å². The smallest absolute Gasteiger partial charge is 0.330 e. The van der Waals surface area contributed by atoms with Crippen molar-refractivity contribution in [1.29, 1.82) is 0 Å². The molecule has 2 fully saturated rings. The van der Waals surface area contributed by atoms with Crippen LogP contribution in [0.25, 0.3) is 11.1 Å². The Labute approximate surface area is 563 Å². The molecule has 7 amide bonds. The van der Waals surface area contributed by atoms with Gasteiger partial charge in [-0.1, -0.05) is 44.2 Å². The maximum absolute atomic E-state index is 16.0. The molecule has 12 rings (SSSR count). The summed E-state index contributed by atoms with van der Waals surface area (Å²) in [5, 5.41) is 131. The Morgan fingerprint density at radius 3 is 1.89 bits per heavy atom. The van der Waals surface area contributed by atoms with Crippen LogP contribution in [-0.4, -0.2) is 191 Å². The fourth-order valence-electron chi connectivity index (χ4n) is 12.4. The van der Waals surface area contributed by atoms with Gasteiger partial charge in [-0.3, -0.25) is 33.6 Å². The van der Waals surface area contributed by atoms with Gasteiger partial charge in [0.15, 0.2) is 29.9 Å². The Morgan fingerprint density at radius 1 is 0.707 bits per heavy atom. The third kappa shape index (κ3) is 15.4. The fraction of sp³-hybridized carbons (Fsp3) is 0.424. The van der Waals surface area contributed by atoms with Crippen molar-refractivity contribution < 1.29 is 118 Å². The van der Waals surface area contributed by atoms with Crippen LogP contribution in [0.5, 0.6) is 46.0 Å². The molecule has 18 atom stereocenters. The van der Waals surface area contributed by atoms with Crippen LogP contribution in [-0.2, 0) is 52.6 Å². The third-order valence-corrected chi connectivity index (χ3v) is 17.6. The second kappa shape index (κ2) is 29.3. The number of phenols is 3. The number of ether oxygens (including phenoxy) is 6. The van der Waals surface area contributed by atoms with E-state index in [-0.39, 0.29) is 46.9 Å². The van der Waals surface area contributed by atoms with E-state index in [9.17, 15) is 75.0 Å². The standard InChI is InChI=1S/C66H77N9O24/c1-25(2)16-36(69-5)58(86)74-49-51(81)27-6-11-32(12-7-27)95-40-18-30-19-41(55(40)99-65-56(54(84)53(83)42(24-76)97-65)98-44-23-66(4,68)57(85)26(3)94-44)96-33-13-8-28(9-14-33)52(82)50-63(91)73-48(64(92)93)35-20-31(77)21-39(79)45(35)34-17-29(10-15-38(34)78)46(60(88)75-50)72-61(89)47(30)71-59(87)37(22-43(67)80)70-62(49)90/h6-15,17-21,25-26,36-37,42,44,46-54,56-57,65,69,76-79,81-85H,16,22-24,68H2,1-5H3,(H2,67,80)(H,70,90)(H,71,87)(H,72,89)(H,73,91)(H,74,86)(H,75,88)(H,92,93)/t26-,36+,37-,42+,44-,46+,47+,48-,49?,50-,51+,52+,53?,54-,56+,57+,65-,66-/m0/s1. The fourth-order valence-corrected chi connectivity index (χ4v) is 12.4. The van der Waals surface area contributed by atoms with Crippen molar-refractivity contribution in [3.05, 3.63) is 119 Å². The summed E-state index contributed by atoms with van der Waals surface area (Å²) in [6.45, 7) is 5.76. The summed E-state index contributed by atoms with van der Waals surface area (Å²) < 4.78 is 38.3. The van der Waals surface area contributed by atoms with E-state index in [1.165, 1.54) is 69.4 Å². The molecular formula is C66H77N9O24. The number of hydrogen-bond donors (Lipinski definition) is 19. The number of aliphatic hydroxyl groups is 6. The van der Waals surface area contributed by atoms with Crippen molar-refractivity contribution in [2.45, 2.75) is 156 Å².